The molecule has 0 heterocycles. The van der Waals surface area contributed by atoms with Gasteiger partial charge in [-0.15, -0.1) is 0 Å². The SMILES string of the molecule is CC(C)OC(=O)c1cc(O)cc(C(C)(C)C)c1. The second-order valence-corrected chi connectivity index (χ2v) is 5.47. The largest absolute Gasteiger partial charge is 0.508 e. The quantitative estimate of drug-likeness (QED) is 0.802. The smallest absolute Gasteiger partial charge is 0.338 e. The molecule has 17 heavy (non-hydrogen) atoms. The van der Waals surface area contributed by atoms with E-state index in [1.54, 1.807) is 26.0 Å². The summed E-state index contributed by atoms with van der Waals surface area (Å²) < 4.78 is 5.11. The van der Waals surface area contributed by atoms with Crippen molar-refractivity contribution in [3.63, 3.8) is 0 Å². The van der Waals surface area contributed by atoms with E-state index in [0.29, 0.717) is 5.56 Å². The van der Waals surface area contributed by atoms with Crippen LogP contribution in [0, 0.1) is 0 Å². The molecule has 0 unspecified atom stereocenters. The first kappa shape index (κ1) is 13.6. The second kappa shape index (κ2) is 4.78. The Morgan fingerprint density at radius 1 is 1.24 bits per heavy atom. The Labute approximate surface area is 102 Å². The van der Waals surface area contributed by atoms with Crippen molar-refractivity contribution >= 4 is 5.97 Å². The van der Waals surface area contributed by atoms with Crippen LogP contribution in [-0.4, -0.2) is 17.2 Å². The van der Waals surface area contributed by atoms with Gasteiger partial charge < -0.3 is 9.84 Å². The average molecular weight is 236 g/mol. The maximum absolute atomic E-state index is 11.8. The van der Waals surface area contributed by atoms with Gasteiger partial charge in [0.15, 0.2) is 0 Å². The van der Waals surface area contributed by atoms with Gasteiger partial charge in [0, 0.05) is 0 Å². The molecule has 0 aliphatic heterocycles. The molecule has 1 aromatic rings. The summed E-state index contributed by atoms with van der Waals surface area (Å²) in [4.78, 5) is 11.8. The Morgan fingerprint density at radius 3 is 2.29 bits per heavy atom. The molecular formula is C14H20O3. The van der Waals surface area contributed by atoms with Crippen LogP contribution in [0.3, 0.4) is 0 Å². The molecule has 0 atom stereocenters. The Bertz CT molecular complexity index is 414. The minimum atomic E-state index is -0.401. The highest BCUT2D eigenvalue weighted by Gasteiger charge is 2.18. The first-order valence-electron chi connectivity index (χ1n) is 5.75. The van der Waals surface area contributed by atoms with Gasteiger partial charge in [-0.2, -0.15) is 0 Å². The average Bonchev–Trinajstić information content (AvgIpc) is 2.14. The Hall–Kier alpha value is -1.51. The molecule has 0 amide bonds. The molecule has 0 fully saturated rings. The van der Waals surface area contributed by atoms with E-state index in [-0.39, 0.29) is 17.3 Å². The number of phenols is 1. The number of hydrogen-bond donors (Lipinski definition) is 1. The van der Waals surface area contributed by atoms with Crippen molar-refractivity contribution in [3.8, 4) is 5.75 Å². The van der Waals surface area contributed by atoms with Gasteiger partial charge in [0.1, 0.15) is 5.75 Å². The minimum Gasteiger partial charge on any atom is -0.508 e. The van der Waals surface area contributed by atoms with Crippen LogP contribution in [0.25, 0.3) is 0 Å². The number of esters is 1. The molecule has 1 N–H and O–H groups in total. The molecule has 0 aromatic heterocycles. The molecule has 1 aromatic carbocycles. The zero-order chi connectivity index (χ0) is 13.2. The monoisotopic (exact) mass is 236 g/mol. The molecular weight excluding hydrogens is 216 g/mol. The van der Waals surface area contributed by atoms with Crippen molar-refractivity contribution in [2.45, 2.75) is 46.1 Å². The van der Waals surface area contributed by atoms with E-state index in [2.05, 4.69) is 0 Å². The first-order chi connectivity index (χ1) is 7.70. The van der Waals surface area contributed by atoms with Crippen LogP contribution in [0.15, 0.2) is 18.2 Å². The summed E-state index contributed by atoms with van der Waals surface area (Å²) in [6.45, 7) is 9.68. The highest BCUT2D eigenvalue weighted by molar-refractivity contribution is 5.90. The maximum Gasteiger partial charge on any atom is 0.338 e. The van der Waals surface area contributed by atoms with Crippen LogP contribution in [0.2, 0.25) is 0 Å². The summed E-state index contributed by atoms with van der Waals surface area (Å²) >= 11 is 0. The molecule has 0 bridgehead atoms. The van der Waals surface area contributed by atoms with Crippen LogP contribution in [0.1, 0.15) is 50.5 Å². The summed E-state index contributed by atoms with van der Waals surface area (Å²) in [6, 6.07) is 4.87. The summed E-state index contributed by atoms with van der Waals surface area (Å²) in [7, 11) is 0. The minimum absolute atomic E-state index is 0.0909. The lowest BCUT2D eigenvalue weighted by Gasteiger charge is -2.20. The van der Waals surface area contributed by atoms with E-state index in [4.69, 9.17) is 4.74 Å². The topological polar surface area (TPSA) is 46.5 Å². The summed E-state index contributed by atoms with van der Waals surface area (Å²) in [5.41, 5.74) is 1.18. The van der Waals surface area contributed by atoms with E-state index in [1.807, 2.05) is 20.8 Å². The van der Waals surface area contributed by atoms with Crippen LogP contribution < -0.4 is 0 Å². The number of benzene rings is 1. The van der Waals surface area contributed by atoms with Crippen molar-refractivity contribution < 1.29 is 14.6 Å². The third-order valence-corrected chi connectivity index (χ3v) is 2.36. The van der Waals surface area contributed by atoms with Gasteiger partial charge in [0.25, 0.3) is 0 Å². The van der Waals surface area contributed by atoms with Crippen molar-refractivity contribution in [2.75, 3.05) is 0 Å². The number of carbonyl (C=O) groups excluding carboxylic acids is 1. The van der Waals surface area contributed by atoms with E-state index in [0.717, 1.165) is 5.56 Å². The van der Waals surface area contributed by atoms with Crippen molar-refractivity contribution in [1.29, 1.82) is 0 Å². The maximum atomic E-state index is 11.8. The van der Waals surface area contributed by atoms with Gasteiger partial charge in [-0.25, -0.2) is 4.79 Å². The van der Waals surface area contributed by atoms with E-state index in [9.17, 15) is 9.90 Å². The fraction of sp³-hybridized carbons (Fsp3) is 0.500. The molecule has 0 saturated heterocycles. The molecule has 0 aliphatic carbocycles. The number of carbonyl (C=O) groups is 1. The molecule has 0 aliphatic rings. The van der Waals surface area contributed by atoms with Gasteiger partial charge in [-0.1, -0.05) is 20.8 Å². The molecule has 0 spiro atoms. The van der Waals surface area contributed by atoms with Gasteiger partial charge in [-0.3, -0.25) is 0 Å². The normalized spacial score (nSPS) is 11.6. The van der Waals surface area contributed by atoms with E-state index < -0.39 is 5.97 Å². The molecule has 1 rings (SSSR count). The number of hydrogen-bond acceptors (Lipinski definition) is 3. The van der Waals surface area contributed by atoms with Crippen LogP contribution >= 0.6 is 0 Å². The summed E-state index contributed by atoms with van der Waals surface area (Å²) in [5.74, 6) is -0.311. The lowest BCUT2D eigenvalue weighted by Crippen LogP contribution is -2.15. The van der Waals surface area contributed by atoms with Crippen molar-refractivity contribution in [1.82, 2.24) is 0 Å². The summed E-state index contributed by atoms with van der Waals surface area (Å²) in [6.07, 6.45) is -0.164. The van der Waals surface area contributed by atoms with E-state index in [1.165, 1.54) is 6.07 Å². The fourth-order valence-corrected chi connectivity index (χ4v) is 1.44. The Morgan fingerprint density at radius 2 is 1.82 bits per heavy atom. The Kier molecular flexibility index (Phi) is 3.81. The van der Waals surface area contributed by atoms with Crippen LogP contribution in [0.4, 0.5) is 0 Å². The molecule has 94 valence electrons. The van der Waals surface area contributed by atoms with Crippen LogP contribution in [-0.2, 0) is 10.2 Å². The van der Waals surface area contributed by atoms with Gasteiger partial charge in [-0.05, 0) is 43.0 Å². The summed E-state index contributed by atoms with van der Waals surface area (Å²) in [5, 5.41) is 9.63. The lowest BCUT2D eigenvalue weighted by molar-refractivity contribution is 0.0377. The Balaban J connectivity index is 3.10. The second-order valence-electron chi connectivity index (χ2n) is 5.47. The number of aromatic hydroxyl groups is 1. The van der Waals surface area contributed by atoms with Gasteiger partial charge in [0.05, 0.1) is 11.7 Å². The van der Waals surface area contributed by atoms with Gasteiger partial charge >= 0.3 is 5.97 Å². The number of phenolic OH excluding ortho intramolecular Hbond substituents is 1. The predicted molar refractivity (Wildman–Crippen MR) is 67.4 cm³/mol. The highest BCUT2D eigenvalue weighted by atomic mass is 16.5. The van der Waals surface area contributed by atoms with Crippen molar-refractivity contribution in [2.24, 2.45) is 0 Å². The molecule has 0 radical (unpaired) electrons. The first-order valence-corrected chi connectivity index (χ1v) is 5.75. The zero-order valence-corrected chi connectivity index (χ0v) is 11.1. The predicted octanol–water partition coefficient (Wildman–Crippen LogP) is 3.25. The van der Waals surface area contributed by atoms with Crippen molar-refractivity contribution in [3.05, 3.63) is 29.3 Å². The third kappa shape index (κ3) is 3.77. The van der Waals surface area contributed by atoms with Gasteiger partial charge in [0.2, 0.25) is 0 Å². The number of rotatable bonds is 2. The fourth-order valence-electron chi connectivity index (χ4n) is 1.44. The molecule has 3 heteroatoms. The van der Waals surface area contributed by atoms with E-state index >= 15 is 0 Å². The lowest BCUT2D eigenvalue weighted by atomic mass is 9.86. The van der Waals surface area contributed by atoms with Crippen LogP contribution in [0.5, 0.6) is 5.75 Å². The zero-order valence-electron chi connectivity index (χ0n) is 11.1. The molecule has 0 saturated carbocycles. The molecule has 3 nitrogen and oxygen atoms in total. The number of ether oxygens (including phenoxy) is 1. The highest BCUT2D eigenvalue weighted by Crippen LogP contribution is 2.27. The third-order valence-electron chi connectivity index (χ3n) is 2.36. The standard InChI is InChI=1S/C14H20O3/c1-9(2)17-13(16)10-6-11(14(3,4)5)8-12(15)7-10/h6-9,15H,1-5H3.